The van der Waals surface area contributed by atoms with Gasteiger partial charge in [-0.1, -0.05) is 60.1 Å². The highest BCUT2D eigenvalue weighted by molar-refractivity contribution is 6.39. The van der Waals surface area contributed by atoms with Gasteiger partial charge >= 0.3 is 5.97 Å². The molecule has 7 rings (SSSR count). The van der Waals surface area contributed by atoms with E-state index in [-0.39, 0.29) is 69.1 Å². The lowest BCUT2D eigenvalue weighted by Crippen LogP contribution is -2.61. The van der Waals surface area contributed by atoms with Gasteiger partial charge in [0.15, 0.2) is 11.7 Å². The van der Waals surface area contributed by atoms with E-state index in [0.717, 1.165) is 0 Å². The number of rotatable bonds is 13. The summed E-state index contributed by atoms with van der Waals surface area (Å²) >= 11 is 0. The molecule has 7 amide bonds. The predicted molar refractivity (Wildman–Crippen MR) is 264 cm³/mol. The Morgan fingerprint density at radius 1 is 0.890 bits per heavy atom. The first-order valence-corrected chi connectivity index (χ1v) is 24.7. The highest BCUT2D eigenvalue weighted by atomic mass is 16.4. The van der Waals surface area contributed by atoms with Gasteiger partial charge in [-0.05, 0) is 55.1 Å². The van der Waals surface area contributed by atoms with Crippen LogP contribution in [0.25, 0.3) is 16.7 Å². The van der Waals surface area contributed by atoms with Crippen molar-refractivity contribution in [3.8, 4) is 5.82 Å². The molecule has 4 aliphatic rings. The number of carboxylic acids is 1. The van der Waals surface area contributed by atoms with Gasteiger partial charge in [0.1, 0.15) is 36.3 Å². The van der Waals surface area contributed by atoms with Gasteiger partial charge in [0.05, 0.1) is 30.2 Å². The maximum absolute atomic E-state index is 15.2. The monoisotopic (exact) mass is 1010 g/mol. The van der Waals surface area contributed by atoms with E-state index in [0.29, 0.717) is 34.3 Å². The molecule has 2 unspecified atom stereocenters. The number of ketones is 2. The Morgan fingerprint density at radius 2 is 1.62 bits per heavy atom. The molecule has 1 saturated heterocycles. The van der Waals surface area contributed by atoms with E-state index in [9.17, 15) is 48.3 Å². The van der Waals surface area contributed by atoms with Crippen molar-refractivity contribution in [2.24, 2.45) is 40.1 Å². The number of nitrogens with one attached hydrogen (secondary N) is 8. The smallest absolute Gasteiger partial charge is 0.326 e. The van der Waals surface area contributed by atoms with Crippen LogP contribution in [0.15, 0.2) is 35.7 Å². The molecule has 9 atom stereocenters. The molecule has 394 valence electrons. The Balaban J connectivity index is 1.60. The number of aliphatic imine (C=N–C) groups is 1. The molecule has 13 N–H and O–H groups in total. The average Bonchev–Trinajstić information content (AvgIpc) is 4.08. The minimum absolute atomic E-state index is 0.0161. The molecule has 7 bridgehead atoms. The van der Waals surface area contributed by atoms with Crippen molar-refractivity contribution in [2.45, 2.75) is 135 Å². The summed E-state index contributed by atoms with van der Waals surface area (Å²) in [6, 6.07) is -2.95. The van der Waals surface area contributed by atoms with Crippen molar-refractivity contribution in [2.75, 3.05) is 13.1 Å². The second kappa shape index (κ2) is 23.7. The molecule has 24 heteroatoms. The summed E-state index contributed by atoms with van der Waals surface area (Å²) in [7, 11) is 0. The van der Waals surface area contributed by atoms with Crippen LogP contribution in [0, 0.1) is 23.7 Å². The van der Waals surface area contributed by atoms with Crippen molar-refractivity contribution in [3.05, 3.63) is 47.5 Å². The SMILES string of the molecule is CCC(C)[C@@H]1NC(=O)[C@H](CC(C)C)NC(=O)[C@@H](NC(=O)C(=O)[C@@H]2CCC(=O)N2)[C@@H](C(C)C)c2ccc3c4c([nH]c3c2)-n2cnc(c2)C[C@@H](C(=O)O)NC(=O)CNC(=O)C(CCCN=C(N)N)C(=O)[C@H](C4)NC1=O. The number of Topliss-reactive ketones (excluding diaryl/α,β-unsaturated/α-hetero) is 2. The van der Waals surface area contributed by atoms with E-state index in [1.54, 1.807) is 36.6 Å². The Hall–Kier alpha value is -7.66. The zero-order chi connectivity index (χ0) is 53.4. The average molecular weight is 1010 g/mol. The van der Waals surface area contributed by atoms with Crippen LogP contribution in [-0.2, 0) is 60.8 Å². The molecule has 6 heterocycles. The zero-order valence-electron chi connectivity index (χ0n) is 41.8. The quantitative estimate of drug-likeness (QED) is 0.0245. The highest BCUT2D eigenvalue weighted by Gasteiger charge is 2.42. The van der Waals surface area contributed by atoms with Gasteiger partial charge in [0.2, 0.25) is 41.2 Å². The van der Waals surface area contributed by atoms with Gasteiger partial charge in [0.25, 0.3) is 5.91 Å². The van der Waals surface area contributed by atoms with E-state index >= 15 is 4.79 Å². The summed E-state index contributed by atoms with van der Waals surface area (Å²) < 4.78 is 1.55. The second-order valence-corrected chi connectivity index (χ2v) is 19.9. The number of amides is 7. The minimum Gasteiger partial charge on any atom is -0.480 e. The number of imidazole rings is 1. The fourth-order valence-electron chi connectivity index (χ4n) is 9.65. The molecular formula is C49H67N13O11. The van der Waals surface area contributed by atoms with Gasteiger partial charge in [-0.25, -0.2) is 9.78 Å². The molecule has 3 aromatic rings. The normalized spacial score (nSPS) is 24.8. The first-order chi connectivity index (χ1) is 34.6. The standard InChI is InChI=1S/C49H67N13O11/c1-7-24(6)38-45(69)58-32-18-29-27-11-10-25(37(23(4)5)39(46(70)59-33(15-22(2)3)44(68)60-38)61-47(71)41(66)30-12-13-35(63)55-30)16-31(27)57-42(29)62-20-26(54-21-62)17-34(48(72)73)56-36(64)19-53-43(67)28(40(32)65)9-8-14-52-49(50)51/h10-11,16,20-24,28,30,32-34,37-39,57H,7-9,12-15,17-19H2,1-6H3,(H,53,67)(H,55,63)(H,56,64)(H,58,69)(H,59,70)(H,60,68)(H,61,71)(H,72,73)(H4,50,51,52)/t24?,28?,30-,32-,33-,34-,37-,38-,39-/m0/s1. The summed E-state index contributed by atoms with van der Waals surface area (Å²) in [5.74, 6) is -12.2. The molecule has 0 spiro atoms. The molecule has 0 aliphatic carbocycles. The summed E-state index contributed by atoms with van der Waals surface area (Å²) in [6.07, 6.45) is 2.91. The number of fused-ring (bicyclic) bond motifs is 13. The minimum atomic E-state index is -1.53. The van der Waals surface area contributed by atoms with Crippen LogP contribution < -0.4 is 48.7 Å². The number of carbonyl (C=O) groups excluding carboxylic acids is 9. The van der Waals surface area contributed by atoms with E-state index in [1.165, 1.54) is 12.5 Å². The third-order valence-electron chi connectivity index (χ3n) is 13.6. The number of H-pyrrole nitrogens is 1. The number of aromatic nitrogens is 3. The lowest BCUT2D eigenvalue weighted by molar-refractivity contribution is -0.142. The van der Waals surface area contributed by atoms with Gasteiger partial charge in [-0.3, -0.25) is 52.7 Å². The Morgan fingerprint density at radius 3 is 2.26 bits per heavy atom. The topological polar surface area (TPSA) is 373 Å². The molecule has 1 fully saturated rings. The van der Waals surface area contributed by atoms with Crippen LogP contribution in [0.1, 0.15) is 103 Å². The van der Waals surface area contributed by atoms with Gasteiger partial charge in [-0.15, -0.1) is 0 Å². The third-order valence-corrected chi connectivity index (χ3v) is 13.6. The fourth-order valence-corrected chi connectivity index (χ4v) is 9.65. The summed E-state index contributed by atoms with van der Waals surface area (Å²) in [5.41, 5.74) is 12.7. The van der Waals surface area contributed by atoms with Crippen molar-refractivity contribution in [1.82, 2.24) is 51.8 Å². The predicted octanol–water partition coefficient (Wildman–Crippen LogP) is -0.991. The number of hydrogen-bond donors (Lipinski definition) is 11. The molecule has 73 heavy (non-hydrogen) atoms. The summed E-state index contributed by atoms with van der Waals surface area (Å²) in [4.78, 5) is 151. The van der Waals surface area contributed by atoms with Crippen LogP contribution in [0.3, 0.4) is 0 Å². The Bertz CT molecular complexity index is 2670. The molecule has 24 nitrogen and oxygen atoms in total. The first-order valence-electron chi connectivity index (χ1n) is 24.7. The third kappa shape index (κ3) is 13.3. The van der Waals surface area contributed by atoms with E-state index in [1.807, 2.05) is 27.7 Å². The van der Waals surface area contributed by atoms with Gasteiger partial charge < -0.3 is 58.8 Å². The van der Waals surface area contributed by atoms with Crippen molar-refractivity contribution >= 4 is 75.7 Å². The zero-order valence-corrected chi connectivity index (χ0v) is 41.8. The van der Waals surface area contributed by atoms with Crippen molar-refractivity contribution < 1.29 is 53.1 Å². The number of aromatic amines is 1. The Kier molecular flexibility index (Phi) is 17.8. The molecule has 4 aliphatic heterocycles. The number of nitrogens with two attached hydrogens (primary N) is 2. The van der Waals surface area contributed by atoms with Crippen LogP contribution in [0.5, 0.6) is 0 Å². The van der Waals surface area contributed by atoms with Crippen molar-refractivity contribution in [3.63, 3.8) is 0 Å². The van der Waals surface area contributed by atoms with Crippen LogP contribution in [0.2, 0.25) is 0 Å². The second-order valence-electron chi connectivity index (χ2n) is 19.9. The molecular weight excluding hydrogens is 947 g/mol. The van der Waals surface area contributed by atoms with E-state index < -0.39 is 125 Å². The highest BCUT2D eigenvalue weighted by Crippen LogP contribution is 2.35. The Labute approximate surface area is 421 Å². The molecule has 2 aromatic heterocycles. The maximum Gasteiger partial charge on any atom is 0.326 e. The van der Waals surface area contributed by atoms with E-state index in [4.69, 9.17) is 11.5 Å². The van der Waals surface area contributed by atoms with E-state index in [2.05, 4.69) is 52.2 Å². The molecule has 1 aromatic carbocycles. The lowest BCUT2D eigenvalue weighted by atomic mass is 9.81. The number of carboxylic acid groups (broad SMARTS) is 1. The van der Waals surface area contributed by atoms with Gasteiger partial charge in [-0.2, -0.15) is 0 Å². The molecule has 0 saturated carbocycles. The fraction of sp³-hybridized carbons (Fsp3) is 0.551. The number of nitrogens with zero attached hydrogens (tertiary/aromatic N) is 3. The largest absolute Gasteiger partial charge is 0.480 e. The van der Waals surface area contributed by atoms with Gasteiger partial charge in [0, 0.05) is 54.4 Å². The number of guanidine groups is 1. The first kappa shape index (κ1) is 54.7. The number of hydrogen-bond acceptors (Lipinski definition) is 12. The van der Waals surface area contributed by atoms with Crippen LogP contribution in [-0.4, -0.2) is 134 Å². The lowest BCUT2D eigenvalue weighted by Gasteiger charge is -2.33. The number of carbonyl (C=O) groups is 10. The molecule has 0 radical (unpaired) electrons. The maximum atomic E-state index is 15.2. The van der Waals surface area contributed by atoms with Crippen molar-refractivity contribution in [1.29, 1.82) is 0 Å². The number of benzene rings is 1. The number of aliphatic carboxylic acids is 1. The summed E-state index contributed by atoms with van der Waals surface area (Å²) in [5, 5.41) is 29.2. The van der Waals surface area contributed by atoms with Crippen LogP contribution >= 0.6 is 0 Å². The summed E-state index contributed by atoms with van der Waals surface area (Å²) in [6.45, 7) is 10.1. The van der Waals surface area contributed by atoms with Crippen LogP contribution in [0.4, 0.5) is 0 Å².